The molecule has 4 aromatic heterocycles. The SMILES string of the molecule is CCn1ncc2c3c(C(C)Nc4ccc(Cl)nc4-c4ncn(C)n4)cc(C)cc3c(=O)n(C3CCOC3)c21. The fourth-order valence-electron chi connectivity index (χ4n) is 5.44. The molecule has 1 aliphatic heterocycles. The Hall–Kier alpha value is -3.76. The Labute approximate surface area is 224 Å². The molecule has 10 nitrogen and oxygen atoms in total. The summed E-state index contributed by atoms with van der Waals surface area (Å²) in [5.74, 6) is 0.479. The van der Waals surface area contributed by atoms with Crippen molar-refractivity contribution in [2.45, 2.75) is 45.8 Å². The van der Waals surface area contributed by atoms with E-state index in [9.17, 15) is 4.79 Å². The first-order valence-electron chi connectivity index (χ1n) is 12.8. The summed E-state index contributed by atoms with van der Waals surface area (Å²) in [6.45, 7) is 7.97. The minimum absolute atomic E-state index is 0.00974. The normalized spacial score (nSPS) is 16.5. The van der Waals surface area contributed by atoms with Crippen LogP contribution in [0.2, 0.25) is 5.15 Å². The lowest BCUT2D eigenvalue weighted by Gasteiger charge is -2.22. The highest BCUT2D eigenvalue weighted by atomic mass is 35.5. The number of pyridine rings is 2. The minimum atomic E-state index is -0.180. The zero-order chi connectivity index (χ0) is 26.6. The van der Waals surface area contributed by atoms with Gasteiger partial charge in [-0.05, 0) is 56.5 Å². The van der Waals surface area contributed by atoms with Crippen LogP contribution < -0.4 is 10.9 Å². The third kappa shape index (κ3) is 4.04. The predicted molar refractivity (Wildman–Crippen MR) is 148 cm³/mol. The molecule has 0 radical (unpaired) electrons. The Morgan fingerprint density at radius 2 is 2.11 bits per heavy atom. The molecular formula is C27H29ClN8O2. The van der Waals surface area contributed by atoms with Gasteiger partial charge in [0.2, 0.25) is 5.82 Å². The van der Waals surface area contributed by atoms with Crippen LogP contribution in [-0.4, -0.2) is 47.3 Å². The van der Waals surface area contributed by atoms with Crippen molar-refractivity contribution in [3.05, 3.63) is 63.4 Å². The number of ether oxygens (including phenoxy) is 1. The maximum atomic E-state index is 14.1. The van der Waals surface area contributed by atoms with Gasteiger partial charge in [0, 0.05) is 42.4 Å². The van der Waals surface area contributed by atoms with Gasteiger partial charge in [0.25, 0.3) is 5.56 Å². The minimum Gasteiger partial charge on any atom is -0.379 e. The van der Waals surface area contributed by atoms with Crippen molar-refractivity contribution in [2.75, 3.05) is 18.5 Å². The molecule has 0 amide bonds. The van der Waals surface area contributed by atoms with Crippen LogP contribution >= 0.6 is 11.6 Å². The van der Waals surface area contributed by atoms with Gasteiger partial charge < -0.3 is 10.1 Å². The Kier molecular flexibility index (Phi) is 6.16. The predicted octanol–water partition coefficient (Wildman–Crippen LogP) is 4.66. The van der Waals surface area contributed by atoms with Gasteiger partial charge in [0.05, 0.1) is 24.5 Å². The summed E-state index contributed by atoms with van der Waals surface area (Å²) < 4.78 is 11.1. The van der Waals surface area contributed by atoms with Gasteiger partial charge in [0.15, 0.2) is 0 Å². The molecule has 1 saturated heterocycles. The monoisotopic (exact) mass is 532 g/mol. The summed E-state index contributed by atoms with van der Waals surface area (Å²) in [5, 5.41) is 15.6. The first-order chi connectivity index (χ1) is 18.4. The second-order valence-corrected chi connectivity index (χ2v) is 10.2. The molecule has 0 bridgehead atoms. The Morgan fingerprint density at radius 1 is 1.26 bits per heavy atom. The first kappa shape index (κ1) is 24.6. The molecule has 2 atom stereocenters. The maximum absolute atomic E-state index is 14.1. The van der Waals surface area contributed by atoms with E-state index in [0.717, 1.165) is 39.7 Å². The number of aromatic nitrogens is 7. The quantitative estimate of drug-likeness (QED) is 0.317. The number of rotatable bonds is 6. The number of nitrogens with zero attached hydrogens (tertiary/aromatic N) is 7. The van der Waals surface area contributed by atoms with Crippen LogP contribution in [0.25, 0.3) is 33.3 Å². The smallest absolute Gasteiger partial charge is 0.260 e. The lowest BCUT2D eigenvalue weighted by molar-refractivity contribution is 0.186. The number of benzene rings is 1. The van der Waals surface area contributed by atoms with Gasteiger partial charge in [-0.2, -0.15) is 5.10 Å². The molecule has 1 aliphatic rings. The van der Waals surface area contributed by atoms with Crippen molar-refractivity contribution < 1.29 is 4.74 Å². The fraction of sp³-hybridized carbons (Fsp3) is 0.370. The van der Waals surface area contributed by atoms with Crippen molar-refractivity contribution in [3.8, 4) is 11.5 Å². The van der Waals surface area contributed by atoms with Crippen molar-refractivity contribution in [3.63, 3.8) is 0 Å². The van der Waals surface area contributed by atoms with Crippen molar-refractivity contribution in [2.24, 2.45) is 7.05 Å². The third-order valence-corrected chi connectivity index (χ3v) is 7.36. The highest BCUT2D eigenvalue weighted by Crippen LogP contribution is 2.35. The molecule has 11 heteroatoms. The molecule has 1 N–H and O–H groups in total. The second kappa shape index (κ2) is 9.52. The van der Waals surface area contributed by atoms with Gasteiger partial charge in [-0.1, -0.05) is 17.7 Å². The van der Waals surface area contributed by atoms with Crippen molar-refractivity contribution in [1.82, 2.24) is 34.1 Å². The van der Waals surface area contributed by atoms with E-state index in [4.69, 9.17) is 16.3 Å². The van der Waals surface area contributed by atoms with E-state index in [1.54, 1.807) is 17.1 Å². The summed E-state index contributed by atoms with van der Waals surface area (Å²) in [6.07, 6.45) is 4.31. The maximum Gasteiger partial charge on any atom is 0.260 e. The second-order valence-electron chi connectivity index (χ2n) is 9.80. The number of hydrogen-bond donors (Lipinski definition) is 1. The summed E-state index contributed by atoms with van der Waals surface area (Å²) in [6, 6.07) is 7.55. The lowest BCUT2D eigenvalue weighted by atomic mass is 9.95. The molecular weight excluding hydrogens is 504 g/mol. The number of nitrogens with one attached hydrogen (secondary N) is 1. The number of fused-ring (bicyclic) bond motifs is 3. The number of anilines is 1. The molecule has 5 heterocycles. The summed E-state index contributed by atoms with van der Waals surface area (Å²) >= 11 is 6.24. The van der Waals surface area contributed by atoms with E-state index in [1.165, 1.54) is 0 Å². The molecule has 5 aromatic rings. The van der Waals surface area contributed by atoms with Crippen LogP contribution in [0.15, 0.2) is 41.6 Å². The topological polar surface area (TPSA) is 105 Å². The first-order valence-corrected chi connectivity index (χ1v) is 13.1. The van der Waals surface area contributed by atoms with Crippen LogP contribution in [0.4, 0.5) is 5.69 Å². The number of halogens is 1. The van der Waals surface area contributed by atoms with Crippen LogP contribution in [0.3, 0.4) is 0 Å². The van der Waals surface area contributed by atoms with E-state index in [2.05, 4.69) is 38.5 Å². The molecule has 0 aliphatic carbocycles. The van der Waals surface area contributed by atoms with Crippen LogP contribution in [0, 0.1) is 6.92 Å². The Balaban J connectivity index is 1.54. The largest absolute Gasteiger partial charge is 0.379 e. The van der Waals surface area contributed by atoms with Crippen LogP contribution in [-0.2, 0) is 18.3 Å². The Morgan fingerprint density at radius 3 is 2.82 bits per heavy atom. The highest BCUT2D eigenvalue weighted by molar-refractivity contribution is 6.29. The Bertz CT molecular complexity index is 1730. The van der Waals surface area contributed by atoms with Gasteiger partial charge in [-0.25, -0.2) is 14.6 Å². The van der Waals surface area contributed by atoms with Crippen molar-refractivity contribution >= 4 is 39.1 Å². The molecule has 6 rings (SSSR count). The van der Waals surface area contributed by atoms with Gasteiger partial charge in [-0.15, -0.1) is 5.10 Å². The summed E-state index contributed by atoms with van der Waals surface area (Å²) in [4.78, 5) is 22.9. The van der Waals surface area contributed by atoms with Crippen LogP contribution in [0.5, 0.6) is 0 Å². The molecule has 196 valence electrons. The van der Waals surface area contributed by atoms with E-state index in [-0.39, 0.29) is 17.6 Å². The van der Waals surface area contributed by atoms with E-state index in [1.807, 2.05) is 48.5 Å². The highest BCUT2D eigenvalue weighted by Gasteiger charge is 2.27. The van der Waals surface area contributed by atoms with E-state index < -0.39 is 0 Å². The van der Waals surface area contributed by atoms with E-state index in [0.29, 0.717) is 41.8 Å². The van der Waals surface area contributed by atoms with Crippen LogP contribution in [0.1, 0.15) is 43.5 Å². The third-order valence-electron chi connectivity index (χ3n) is 7.15. The lowest BCUT2D eigenvalue weighted by Crippen LogP contribution is -2.28. The zero-order valence-electron chi connectivity index (χ0n) is 21.8. The van der Waals surface area contributed by atoms with Gasteiger partial charge in [0.1, 0.15) is 22.8 Å². The van der Waals surface area contributed by atoms with E-state index >= 15 is 0 Å². The molecule has 1 aromatic carbocycles. The molecule has 38 heavy (non-hydrogen) atoms. The van der Waals surface area contributed by atoms with Gasteiger partial charge >= 0.3 is 0 Å². The number of aryl methyl sites for hydroxylation is 3. The van der Waals surface area contributed by atoms with Gasteiger partial charge in [-0.3, -0.25) is 14.0 Å². The molecule has 0 spiro atoms. The zero-order valence-corrected chi connectivity index (χ0v) is 22.5. The van der Waals surface area contributed by atoms with Crippen molar-refractivity contribution in [1.29, 1.82) is 0 Å². The average Bonchev–Trinajstić information content (AvgIpc) is 3.66. The summed E-state index contributed by atoms with van der Waals surface area (Å²) in [5.41, 5.74) is 4.15. The molecule has 2 unspecified atom stereocenters. The summed E-state index contributed by atoms with van der Waals surface area (Å²) in [7, 11) is 1.81. The molecule has 1 fully saturated rings. The standard InChI is InChI=1S/C27H29ClN8O2/c1-5-35-26-20(12-30-35)23-18(10-15(2)11-19(23)27(37)36(26)17-8-9-38-13-17)16(3)31-21-6-7-22(28)32-24(21)25-29-14-34(4)33-25/h6-7,10-12,14,16-17,31H,5,8-9,13H2,1-4H3. The number of hydrogen-bond acceptors (Lipinski definition) is 7. The molecule has 0 saturated carbocycles. The fourth-order valence-corrected chi connectivity index (χ4v) is 5.58. The average molecular weight is 533 g/mol.